The Morgan fingerprint density at radius 3 is 1.92 bits per heavy atom. The fourth-order valence-electron chi connectivity index (χ4n) is 1.02. The molecule has 0 aliphatic heterocycles. The molecule has 0 heterocycles. The second-order valence-electron chi connectivity index (χ2n) is 3.49. The van der Waals surface area contributed by atoms with Crippen molar-refractivity contribution < 1.29 is 14.0 Å². The number of hydrogen-bond acceptors (Lipinski definition) is 0. The van der Waals surface area contributed by atoms with Crippen LogP contribution in [0, 0.1) is 6.92 Å². The molecular weight excluding hydrogens is 292 g/mol. The second kappa shape index (κ2) is 4.30. The van der Waals surface area contributed by atoms with Crippen LogP contribution in [0.2, 0.25) is 0 Å². The van der Waals surface area contributed by atoms with Gasteiger partial charge in [-0.2, -0.15) is 0 Å². The van der Waals surface area contributed by atoms with Gasteiger partial charge in [0.2, 0.25) is 0 Å². The molecule has 0 amide bonds. The molecule has 0 radical (unpaired) electrons. The van der Waals surface area contributed by atoms with Crippen LogP contribution in [-0.4, -0.2) is 0 Å². The van der Waals surface area contributed by atoms with Crippen LogP contribution in [0.4, 0.5) is 0 Å². The maximum atomic E-state index is 6.05. The SMILES string of the molecule is Cc1ccc([C](C)(C)[Ru-]([Cl])[Cl])cc1. The van der Waals surface area contributed by atoms with Crippen molar-refractivity contribution in [2.45, 2.75) is 24.8 Å². The van der Waals surface area contributed by atoms with Gasteiger partial charge in [-0.25, -0.2) is 0 Å². The number of hydrogen-bond donors (Lipinski definition) is 0. The normalized spacial score (nSPS) is 12.8. The maximum absolute atomic E-state index is 6.05. The van der Waals surface area contributed by atoms with Gasteiger partial charge in [-0.15, -0.1) is 0 Å². The first-order valence-corrected chi connectivity index (χ1v) is 9.36. The van der Waals surface area contributed by atoms with Crippen LogP contribution in [0.3, 0.4) is 0 Å². The van der Waals surface area contributed by atoms with Crippen LogP contribution in [0.15, 0.2) is 24.3 Å². The van der Waals surface area contributed by atoms with E-state index in [1.807, 2.05) is 0 Å². The first-order chi connectivity index (χ1) is 5.94. The molecule has 0 N–H and O–H groups in total. The van der Waals surface area contributed by atoms with Crippen LogP contribution in [-0.2, 0) is 18.0 Å². The molecule has 0 atom stereocenters. The Morgan fingerprint density at radius 1 is 1.08 bits per heavy atom. The van der Waals surface area contributed by atoms with Gasteiger partial charge >= 0.3 is 93.5 Å². The molecule has 13 heavy (non-hydrogen) atoms. The van der Waals surface area contributed by atoms with Crippen LogP contribution in [0.5, 0.6) is 0 Å². The molecule has 3 heteroatoms. The molecule has 0 nitrogen and oxygen atoms in total. The molecule has 0 saturated heterocycles. The van der Waals surface area contributed by atoms with Gasteiger partial charge in [0.05, 0.1) is 0 Å². The molecule has 1 rings (SSSR count). The van der Waals surface area contributed by atoms with Gasteiger partial charge in [0.1, 0.15) is 0 Å². The van der Waals surface area contributed by atoms with Crippen molar-refractivity contribution in [1.29, 1.82) is 0 Å². The van der Waals surface area contributed by atoms with Gasteiger partial charge in [-0.3, -0.25) is 0 Å². The summed E-state index contributed by atoms with van der Waals surface area (Å²) >= 11 is -1.72. The fraction of sp³-hybridized carbons (Fsp3) is 0.400. The van der Waals surface area contributed by atoms with Crippen molar-refractivity contribution in [3.05, 3.63) is 35.4 Å². The zero-order chi connectivity index (χ0) is 10.1. The Kier molecular flexibility index (Phi) is 3.80. The van der Waals surface area contributed by atoms with E-state index >= 15 is 0 Å². The summed E-state index contributed by atoms with van der Waals surface area (Å²) in [4.78, 5) is 0. The standard InChI is InChI=1S/C10H13.2ClH.Ru/c1-8(2)10-6-4-9(3)5-7-10;;;/h4-7H,1-3H3;2*1H;/q;;;+1/p-2. The minimum atomic E-state index is -1.72. The number of benzene rings is 1. The molecule has 76 valence electrons. The van der Waals surface area contributed by atoms with E-state index in [1.165, 1.54) is 11.1 Å². The first kappa shape index (κ1) is 11.5. The van der Waals surface area contributed by atoms with Crippen LogP contribution < -0.4 is 0 Å². The van der Waals surface area contributed by atoms with Crippen molar-refractivity contribution in [2.75, 3.05) is 0 Å². The van der Waals surface area contributed by atoms with E-state index < -0.39 is 14.0 Å². The van der Waals surface area contributed by atoms with E-state index in [0.717, 1.165) is 0 Å². The van der Waals surface area contributed by atoms with Crippen molar-refractivity contribution in [1.82, 2.24) is 0 Å². The predicted octanol–water partition coefficient (Wildman–Crippen LogP) is 4.16. The average molecular weight is 305 g/mol. The van der Waals surface area contributed by atoms with Gasteiger partial charge in [-0.1, -0.05) is 0 Å². The Bertz CT molecular complexity index is 277. The van der Waals surface area contributed by atoms with Crippen molar-refractivity contribution in [3.63, 3.8) is 0 Å². The third kappa shape index (κ3) is 2.68. The summed E-state index contributed by atoms with van der Waals surface area (Å²) in [7, 11) is 12.1. The monoisotopic (exact) mass is 305 g/mol. The van der Waals surface area contributed by atoms with E-state index in [0.29, 0.717) is 0 Å². The first-order valence-electron chi connectivity index (χ1n) is 4.02. The summed E-state index contributed by atoms with van der Waals surface area (Å²) in [6.07, 6.45) is 0. The number of aryl methyl sites for hydroxylation is 1. The van der Waals surface area contributed by atoms with Crippen molar-refractivity contribution in [2.24, 2.45) is 0 Å². The Hall–Kier alpha value is 0.423. The minimum absolute atomic E-state index is 0.0404. The third-order valence-electron chi connectivity index (χ3n) is 2.07. The molecule has 0 spiro atoms. The summed E-state index contributed by atoms with van der Waals surface area (Å²) in [5.74, 6) is 0. The Labute approximate surface area is 93.2 Å². The molecule has 0 aromatic heterocycles. The van der Waals surface area contributed by atoms with Crippen molar-refractivity contribution in [3.8, 4) is 0 Å². The van der Waals surface area contributed by atoms with Gasteiger partial charge in [0, 0.05) is 0 Å². The van der Waals surface area contributed by atoms with E-state index in [-0.39, 0.29) is 4.01 Å². The second-order valence-corrected chi connectivity index (χ2v) is 10.5. The molecule has 0 fully saturated rings. The molecule has 0 saturated carbocycles. The van der Waals surface area contributed by atoms with Gasteiger partial charge < -0.3 is 0 Å². The van der Waals surface area contributed by atoms with Crippen molar-refractivity contribution >= 4 is 19.4 Å². The fourth-order valence-corrected chi connectivity index (χ4v) is 2.60. The van der Waals surface area contributed by atoms with E-state index in [1.54, 1.807) is 0 Å². The third-order valence-corrected chi connectivity index (χ3v) is 8.16. The summed E-state index contributed by atoms with van der Waals surface area (Å²) in [5, 5.41) is 0. The van der Waals surface area contributed by atoms with Gasteiger partial charge in [0.25, 0.3) is 0 Å². The van der Waals surface area contributed by atoms with E-state index in [4.69, 9.17) is 19.4 Å². The average Bonchev–Trinajstić information content (AvgIpc) is 2.04. The molecule has 0 bridgehead atoms. The molecule has 0 aliphatic rings. The summed E-state index contributed by atoms with van der Waals surface area (Å²) in [6, 6.07) is 8.42. The molecule has 0 aliphatic carbocycles. The zero-order valence-corrected chi connectivity index (χ0v) is 11.2. The molecule has 1 aromatic rings. The van der Waals surface area contributed by atoms with Gasteiger partial charge in [-0.05, 0) is 0 Å². The Morgan fingerprint density at radius 2 is 1.54 bits per heavy atom. The topological polar surface area (TPSA) is 0 Å². The molecular formula is C10H13Cl2Ru-. The van der Waals surface area contributed by atoms with Crippen LogP contribution in [0.1, 0.15) is 25.0 Å². The predicted molar refractivity (Wildman–Crippen MR) is 55.9 cm³/mol. The quantitative estimate of drug-likeness (QED) is 0.720. The summed E-state index contributed by atoms with van der Waals surface area (Å²) < 4.78 is -0.0404. The Balaban J connectivity index is 3.01. The summed E-state index contributed by atoms with van der Waals surface area (Å²) in [5.41, 5.74) is 2.50. The van der Waals surface area contributed by atoms with E-state index in [9.17, 15) is 0 Å². The van der Waals surface area contributed by atoms with E-state index in [2.05, 4.69) is 45.0 Å². The molecule has 1 aromatic carbocycles. The van der Waals surface area contributed by atoms with Gasteiger partial charge in [0.15, 0.2) is 0 Å². The summed E-state index contributed by atoms with van der Waals surface area (Å²) in [6.45, 7) is 6.29. The van der Waals surface area contributed by atoms with Crippen LogP contribution >= 0.6 is 19.4 Å². The molecule has 0 unspecified atom stereocenters. The zero-order valence-electron chi connectivity index (χ0n) is 7.92. The number of rotatable bonds is 2. The number of halogens is 2. The van der Waals surface area contributed by atoms with Crippen LogP contribution in [0.25, 0.3) is 0 Å².